The van der Waals surface area contributed by atoms with Gasteiger partial charge in [-0.15, -0.1) is 0 Å². The third kappa shape index (κ3) is 1.52. The molecule has 1 aromatic rings. The predicted molar refractivity (Wildman–Crippen MR) is 50.4 cm³/mol. The summed E-state index contributed by atoms with van der Waals surface area (Å²) < 4.78 is 0. The fourth-order valence-electron chi connectivity index (χ4n) is 1.48. The summed E-state index contributed by atoms with van der Waals surface area (Å²) in [6.45, 7) is 0.577. The molecule has 4 nitrogen and oxygen atoms in total. The zero-order chi connectivity index (χ0) is 9.97. The van der Waals surface area contributed by atoms with Gasteiger partial charge in [-0.25, -0.2) is 4.79 Å². The molecule has 0 unspecified atom stereocenters. The Morgan fingerprint density at radius 3 is 3.00 bits per heavy atom. The minimum absolute atomic E-state index is 0.0178. The molecule has 1 fully saturated rings. The van der Waals surface area contributed by atoms with Gasteiger partial charge < -0.3 is 10.6 Å². The Labute approximate surface area is 81.5 Å². The number of amides is 2. The molecular formula is C10H9N3O. The first kappa shape index (κ1) is 8.57. The first-order valence-electron chi connectivity index (χ1n) is 4.34. The summed E-state index contributed by atoms with van der Waals surface area (Å²) in [4.78, 5) is 10.9. The molecule has 1 aromatic carbocycles. The third-order valence-electron chi connectivity index (χ3n) is 2.19. The molecule has 2 amide bonds. The maximum atomic E-state index is 10.9. The Balaban J connectivity index is 2.24. The van der Waals surface area contributed by atoms with Crippen LogP contribution in [0.5, 0.6) is 0 Å². The van der Waals surface area contributed by atoms with Gasteiger partial charge in [-0.3, -0.25) is 0 Å². The Morgan fingerprint density at radius 2 is 2.36 bits per heavy atom. The van der Waals surface area contributed by atoms with Gasteiger partial charge in [0.25, 0.3) is 0 Å². The molecule has 0 aromatic heterocycles. The molecular weight excluding hydrogens is 178 g/mol. The first-order chi connectivity index (χ1) is 6.79. The quantitative estimate of drug-likeness (QED) is 0.686. The van der Waals surface area contributed by atoms with Crippen LogP contribution in [0.15, 0.2) is 24.3 Å². The van der Waals surface area contributed by atoms with Crippen molar-refractivity contribution >= 4 is 6.03 Å². The zero-order valence-electron chi connectivity index (χ0n) is 7.45. The highest BCUT2D eigenvalue weighted by Crippen LogP contribution is 2.16. The highest BCUT2D eigenvalue weighted by atomic mass is 16.2. The van der Waals surface area contributed by atoms with E-state index in [4.69, 9.17) is 5.26 Å². The second kappa shape index (κ2) is 3.38. The SMILES string of the molecule is N#Cc1cccc([C@@H]2CNC(=O)N2)c1. The highest BCUT2D eigenvalue weighted by Gasteiger charge is 2.21. The molecule has 4 heteroatoms. The maximum absolute atomic E-state index is 10.9. The predicted octanol–water partition coefficient (Wildman–Crippen LogP) is 0.912. The molecule has 2 rings (SSSR count). The molecule has 0 spiro atoms. The second-order valence-corrected chi connectivity index (χ2v) is 3.14. The summed E-state index contributed by atoms with van der Waals surface area (Å²) in [6, 6.07) is 9.15. The summed E-state index contributed by atoms with van der Waals surface area (Å²) in [5, 5.41) is 14.1. The lowest BCUT2D eigenvalue weighted by Crippen LogP contribution is -2.21. The summed E-state index contributed by atoms with van der Waals surface area (Å²) in [5.41, 5.74) is 1.58. The Morgan fingerprint density at radius 1 is 1.50 bits per heavy atom. The fourth-order valence-corrected chi connectivity index (χ4v) is 1.48. The lowest BCUT2D eigenvalue weighted by molar-refractivity contribution is 0.247. The fraction of sp³-hybridized carbons (Fsp3) is 0.200. The number of hydrogen-bond acceptors (Lipinski definition) is 2. The minimum Gasteiger partial charge on any atom is -0.336 e. The van der Waals surface area contributed by atoms with Crippen LogP contribution in [-0.2, 0) is 0 Å². The van der Waals surface area contributed by atoms with Gasteiger partial charge in [-0.1, -0.05) is 12.1 Å². The number of rotatable bonds is 1. The van der Waals surface area contributed by atoms with E-state index in [-0.39, 0.29) is 12.1 Å². The van der Waals surface area contributed by atoms with Crippen molar-refractivity contribution in [2.75, 3.05) is 6.54 Å². The van der Waals surface area contributed by atoms with E-state index in [0.29, 0.717) is 12.1 Å². The van der Waals surface area contributed by atoms with Crippen LogP contribution >= 0.6 is 0 Å². The second-order valence-electron chi connectivity index (χ2n) is 3.14. The molecule has 1 heterocycles. The van der Waals surface area contributed by atoms with E-state index in [1.165, 1.54) is 0 Å². The monoisotopic (exact) mass is 187 g/mol. The van der Waals surface area contributed by atoms with Crippen LogP contribution in [0, 0.1) is 11.3 Å². The van der Waals surface area contributed by atoms with Crippen molar-refractivity contribution in [3.05, 3.63) is 35.4 Å². The van der Waals surface area contributed by atoms with Gasteiger partial charge in [-0.05, 0) is 17.7 Å². The van der Waals surface area contributed by atoms with Gasteiger partial charge in [0, 0.05) is 6.54 Å². The van der Waals surface area contributed by atoms with E-state index in [0.717, 1.165) is 5.56 Å². The zero-order valence-corrected chi connectivity index (χ0v) is 7.45. The molecule has 1 aliphatic heterocycles. The average Bonchev–Trinajstić information content (AvgIpc) is 2.65. The molecule has 0 saturated carbocycles. The smallest absolute Gasteiger partial charge is 0.315 e. The van der Waals surface area contributed by atoms with Gasteiger partial charge in [0.1, 0.15) is 0 Å². The van der Waals surface area contributed by atoms with Gasteiger partial charge in [-0.2, -0.15) is 5.26 Å². The molecule has 2 N–H and O–H groups in total. The molecule has 70 valence electrons. The number of hydrogen-bond donors (Lipinski definition) is 2. The van der Waals surface area contributed by atoms with Crippen molar-refractivity contribution in [2.45, 2.75) is 6.04 Å². The summed E-state index contributed by atoms with van der Waals surface area (Å²) >= 11 is 0. The van der Waals surface area contributed by atoms with Crippen molar-refractivity contribution in [3.63, 3.8) is 0 Å². The Kier molecular flexibility index (Phi) is 2.07. The van der Waals surface area contributed by atoms with Gasteiger partial charge in [0.05, 0.1) is 17.7 Å². The highest BCUT2D eigenvalue weighted by molar-refractivity contribution is 5.76. The molecule has 1 saturated heterocycles. The standard InChI is InChI=1S/C10H9N3O/c11-5-7-2-1-3-8(4-7)9-6-12-10(14)13-9/h1-4,9H,6H2,(H2,12,13,14)/t9-/m0/s1. The Hall–Kier alpha value is -2.02. The largest absolute Gasteiger partial charge is 0.336 e. The van der Waals surface area contributed by atoms with Crippen LogP contribution in [0.1, 0.15) is 17.2 Å². The summed E-state index contributed by atoms with van der Waals surface area (Å²) in [7, 11) is 0. The van der Waals surface area contributed by atoms with Crippen molar-refractivity contribution < 1.29 is 4.79 Å². The maximum Gasteiger partial charge on any atom is 0.315 e. The molecule has 0 bridgehead atoms. The Bertz CT molecular complexity index is 408. The van der Waals surface area contributed by atoms with E-state index < -0.39 is 0 Å². The number of carbonyl (C=O) groups excluding carboxylic acids is 1. The van der Waals surface area contributed by atoms with E-state index in [1.54, 1.807) is 12.1 Å². The van der Waals surface area contributed by atoms with Crippen LogP contribution in [0.25, 0.3) is 0 Å². The number of nitriles is 1. The van der Waals surface area contributed by atoms with E-state index in [1.807, 2.05) is 12.1 Å². The number of benzene rings is 1. The van der Waals surface area contributed by atoms with Crippen LogP contribution in [-0.4, -0.2) is 12.6 Å². The number of carbonyl (C=O) groups is 1. The molecule has 1 atom stereocenters. The third-order valence-corrected chi connectivity index (χ3v) is 2.19. The lowest BCUT2D eigenvalue weighted by atomic mass is 10.1. The van der Waals surface area contributed by atoms with Crippen LogP contribution < -0.4 is 10.6 Å². The van der Waals surface area contributed by atoms with Crippen LogP contribution in [0.4, 0.5) is 4.79 Å². The minimum atomic E-state index is -0.155. The van der Waals surface area contributed by atoms with E-state index >= 15 is 0 Å². The average molecular weight is 187 g/mol. The molecule has 0 aliphatic carbocycles. The van der Waals surface area contributed by atoms with E-state index in [9.17, 15) is 4.79 Å². The van der Waals surface area contributed by atoms with E-state index in [2.05, 4.69) is 16.7 Å². The van der Waals surface area contributed by atoms with Gasteiger partial charge in [0.2, 0.25) is 0 Å². The van der Waals surface area contributed by atoms with Crippen molar-refractivity contribution in [1.29, 1.82) is 5.26 Å². The molecule has 1 aliphatic rings. The molecule has 14 heavy (non-hydrogen) atoms. The number of nitrogens with zero attached hydrogens (tertiary/aromatic N) is 1. The number of nitrogens with one attached hydrogen (secondary N) is 2. The summed E-state index contributed by atoms with van der Waals surface area (Å²) in [6.07, 6.45) is 0. The van der Waals surface area contributed by atoms with Crippen molar-refractivity contribution in [1.82, 2.24) is 10.6 Å². The van der Waals surface area contributed by atoms with Crippen LogP contribution in [0.3, 0.4) is 0 Å². The van der Waals surface area contributed by atoms with Gasteiger partial charge >= 0.3 is 6.03 Å². The normalized spacial score (nSPS) is 19.6. The van der Waals surface area contributed by atoms with Gasteiger partial charge in [0.15, 0.2) is 0 Å². The topological polar surface area (TPSA) is 64.9 Å². The van der Waals surface area contributed by atoms with Crippen LogP contribution in [0.2, 0.25) is 0 Å². The molecule has 0 radical (unpaired) electrons. The van der Waals surface area contributed by atoms with Crippen molar-refractivity contribution in [2.24, 2.45) is 0 Å². The van der Waals surface area contributed by atoms with Crippen molar-refractivity contribution in [3.8, 4) is 6.07 Å². The number of urea groups is 1. The summed E-state index contributed by atoms with van der Waals surface area (Å²) in [5.74, 6) is 0. The lowest BCUT2D eigenvalue weighted by Gasteiger charge is -2.08. The first-order valence-corrected chi connectivity index (χ1v) is 4.34.